The molecule has 0 unspecified atom stereocenters. The molecule has 23 heavy (non-hydrogen) atoms. The molecule has 0 spiro atoms. The van der Waals surface area contributed by atoms with E-state index in [0.29, 0.717) is 12.1 Å². The topological polar surface area (TPSA) is 249 Å². The Morgan fingerprint density at radius 3 is 1.57 bits per heavy atom. The number of non-ortho nitro benzene ring substituents is 1. The molecule has 14 heteroatoms. The summed E-state index contributed by atoms with van der Waals surface area (Å²) in [4.78, 5) is 37.2. The van der Waals surface area contributed by atoms with Crippen molar-refractivity contribution in [3.05, 3.63) is 42.5 Å². The Labute approximate surface area is 126 Å². The fraction of sp³-hybridized carbons (Fsp3) is 0.222. The molecule has 0 amide bonds. The highest BCUT2D eigenvalue weighted by atomic mass is 16.6. The zero-order valence-corrected chi connectivity index (χ0v) is 11.5. The lowest BCUT2D eigenvalue weighted by atomic mass is 10.2. The summed E-state index contributed by atoms with van der Waals surface area (Å²) in [5, 5.41) is 50.0. The third kappa shape index (κ3) is 6.27. The molecule has 0 radical (unpaired) electrons. The third-order valence-corrected chi connectivity index (χ3v) is 2.06. The van der Waals surface area contributed by atoms with Crippen LogP contribution in [0.4, 0.5) is 17.1 Å². The van der Waals surface area contributed by atoms with Gasteiger partial charge in [0.2, 0.25) is 0 Å². The first-order valence-corrected chi connectivity index (χ1v) is 5.33. The summed E-state index contributed by atoms with van der Waals surface area (Å²) in [6, 6.07) is 0.287. The summed E-state index contributed by atoms with van der Waals surface area (Å²) >= 11 is 0. The second kappa shape index (κ2) is 8.80. The lowest BCUT2D eigenvalue weighted by molar-refractivity contribution is -0.420. The molecule has 0 saturated carbocycles. The molecule has 0 fully saturated rings. The van der Waals surface area contributed by atoms with Gasteiger partial charge in [0, 0.05) is 0 Å². The van der Waals surface area contributed by atoms with E-state index in [-0.39, 0.29) is 5.48 Å². The molecule has 14 nitrogen and oxygen atoms in total. The predicted molar refractivity (Wildman–Crippen MR) is 69.5 cm³/mol. The molecule has 0 aliphatic rings. The van der Waals surface area contributed by atoms with Crippen LogP contribution in [0.1, 0.15) is 6.92 Å². The maximum Gasteiger partial charge on any atom is 0.362 e. The Kier molecular flexibility index (Phi) is 8.38. The Morgan fingerprint density at radius 1 is 1.09 bits per heavy atom. The van der Waals surface area contributed by atoms with E-state index in [0.717, 1.165) is 0 Å². The number of carbonyl (C=O) groups is 1. The number of rotatable bonds is 4. The van der Waals surface area contributed by atoms with Crippen LogP contribution in [0.3, 0.4) is 0 Å². The Balaban J connectivity index is 0. The molecule has 0 heterocycles. The van der Waals surface area contributed by atoms with E-state index in [1.165, 1.54) is 6.92 Å². The first kappa shape index (κ1) is 21.9. The maximum atomic E-state index is 11.1. The number of nitro benzene ring substituents is 3. The largest absolute Gasteiger partial charge is 0.863 e. The number of quaternary nitrogens is 1. The number of hydrogen-bond acceptors (Lipinski definition) is 8. The van der Waals surface area contributed by atoms with Gasteiger partial charge >= 0.3 is 5.97 Å². The van der Waals surface area contributed by atoms with Crippen molar-refractivity contribution < 1.29 is 41.0 Å². The molecule has 0 saturated heterocycles. The van der Waals surface area contributed by atoms with Crippen molar-refractivity contribution in [1.29, 1.82) is 0 Å². The molecule has 0 aliphatic carbocycles. The van der Waals surface area contributed by atoms with Crippen LogP contribution < -0.4 is 10.8 Å². The van der Waals surface area contributed by atoms with E-state index < -0.39 is 49.6 Å². The first-order chi connectivity index (χ1) is 9.98. The summed E-state index contributed by atoms with van der Waals surface area (Å²) in [6.07, 6.45) is 0. The molecule has 1 rings (SSSR count). The molecule has 128 valence electrons. The smallest absolute Gasteiger partial charge is 0.362 e. The Bertz CT molecular complexity index is 594. The van der Waals surface area contributed by atoms with E-state index in [4.69, 9.17) is 5.11 Å². The van der Waals surface area contributed by atoms with Crippen molar-refractivity contribution >= 4 is 23.0 Å². The van der Waals surface area contributed by atoms with Crippen molar-refractivity contribution in [2.45, 2.75) is 13.0 Å². The summed E-state index contributed by atoms with van der Waals surface area (Å²) in [5.41, 5.74) is -0.0256. The van der Waals surface area contributed by atoms with E-state index in [1.54, 1.807) is 0 Å². The maximum absolute atomic E-state index is 11.1. The highest BCUT2D eigenvalue weighted by molar-refractivity contribution is 5.70. The number of aliphatic carboxylic acids is 1. The van der Waals surface area contributed by atoms with Crippen LogP contribution in [0.25, 0.3) is 0 Å². The van der Waals surface area contributed by atoms with Gasteiger partial charge in [-0.25, -0.2) is 4.79 Å². The summed E-state index contributed by atoms with van der Waals surface area (Å²) in [5.74, 6) is -2.31. The fourth-order valence-electron chi connectivity index (χ4n) is 0.961. The van der Waals surface area contributed by atoms with Gasteiger partial charge in [0.1, 0.15) is 0 Å². The number of hydrogen-bond donors (Lipinski definition) is 2. The minimum atomic E-state index is -1.46. The van der Waals surface area contributed by atoms with Gasteiger partial charge in [-0.3, -0.25) is 30.3 Å². The van der Waals surface area contributed by atoms with Gasteiger partial charge in [-0.2, -0.15) is 0 Å². The van der Waals surface area contributed by atoms with Crippen LogP contribution in [0.15, 0.2) is 12.1 Å². The molecule has 1 aromatic rings. The zero-order chi connectivity index (χ0) is 17.6. The van der Waals surface area contributed by atoms with E-state index in [2.05, 4.69) is 5.73 Å². The standard InChI is InChI=1S/C6H3N3O7.C3H7NO2.H2O/c10-6-4(8(13)14)1-3(7(11)12)2-5(6)9(15)16;1-2(4)3(5)6;/h1-2,10H;2H,4H2,1H3,(H,5,6);1H2/t;2-;/m.0./s1. The van der Waals surface area contributed by atoms with Gasteiger partial charge in [0.05, 0.1) is 32.7 Å². The zero-order valence-electron chi connectivity index (χ0n) is 11.5. The summed E-state index contributed by atoms with van der Waals surface area (Å²) in [7, 11) is 0. The Morgan fingerprint density at radius 2 is 1.39 bits per heavy atom. The van der Waals surface area contributed by atoms with Crippen molar-refractivity contribution in [2.75, 3.05) is 0 Å². The monoisotopic (exact) mass is 336 g/mol. The van der Waals surface area contributed by atoms with Crippen molar-refractivity contribution in [1.82, 2.24) is 0 Å². The van der Waals surface area contributed by atoms with Gasteiger partial charge in [0.25, 0.3) is 17.1 Å². The third-order valence-electron chi connectivity index (χ3n) is 2.06. The minimum absolute atomic E-state index is 0. The number of carboxylic acids is 1. The molecular weight excluding hydrogens is 324 g/mol. The quantitative estimate of drug-likeness (QED) is 0.471. The number of nitro groups is 3. The molecule has 1 atom stereocenters. The summed E-state index contributed by atoms with van der Waals surface area (Å²) < 4.78 is 0. The fourth-order valence-corrected chi connectivity index (χ4v) is 0.961. The van der Waals surface area contributed by atoms with Crippen LogP contribution in [0.2, 0.25) is 0 Å². The normalized spacial score (nSPS) is 10.3. The number of nitrogens with zero attached hydrogens (tertiary/aromatic N) is 3. The summed E-state index contributed by atoms with van der Waals surface area (Å²) in [6.45, 7) is 1.53. The van der Waals surface area contributed by atoms with Gasteiger partial charge in [-0.15, -0.1) is 0 Å². The lowest BCUT2D eigenvalue weighted by Crippen LogP contribution is -2.63. The second-order valence-electron chi connectivity index (χ2n) is 3.82. The van der Waals surface area contributed by atoms with Crippen LogP contribution in [0.5, 0.6) is 5.75 Å². The molecule has 0 bridgehead atoms. The average Bonchev–Trinajstić information content (AvgIpc) is 2.38. The number of carboxylic acid groups (broad SMARTS) is 1. The van der Waals surface area contributed by atoms with E-state index in [9.17, 15) is 40.2 Å². The predicted octanol–water partition coefficient (Wildman–Crippen LogP) is -1.64. The molecule has 6 N–H and O–H groups in total. The van der Waals surface area contributed by atoms with Crippen molar-refractivity contribution in [3.8, 4) is 5.75 Å². The van der Waals surface area contributed by atoms with Crippen LogP contribution in [-0.4, -0.2) is 37.4 Å². The lowest BCUT2D eigenvalue weighted by Gasteiger charge is -2.06. The highest BCUT2D eigenvalue weighted by Crippen LogP contribution is 2.36. The van der Waals surface area contributed by atoms with Crippen LogP contribution in [0, 0.1) is 30.3 Å². The van der Waals surface area contributed by atoms with Gasteiger partial charge in [-0.05, 0) is 6.92 Å². The first-order valence-electron chi connectivity index (χ1n) is 5.33. The van der Waals surface area contributed by atoms with Crippen molar-refractivity contribution in [2.24, 2.45) is 0 Å². The minimum Gasteiger partial charge on any atom is -0.863 e. The number of benzene rings is 1. The van der Waals surface area contributed by atoms with Crippen LogP contribution >= 0.6 is 0 Å². The molecule has 0 aromatic heterocycles. The molecule has 1 aromatic carbocycles. The van der Waals surface area contributed by atoms with Crippen molar-refractivity contribution in [3.63, 3.8) is 0 Å². The van der Waals surface area contributed by atoms with E-state index >= 15 is 0 Å². The van der Waals surface area contributed by atoms with E-state index in [1.807, 2.05) is 0 Å². The molecule has 0 aliphatic heterocycles. The second-order valence-corrected chi connectivity index (χ2v) is 3.82. The van der Waals surface area contributed by atoms with Crippen LogP contribution in [-0.2, 0) is 4.79 Å². The van der Waals surface area contributed by atoms with Gasteiger partial charge in [0.15, 0.2) is 6.04 Å². The average molecular weight is 336 g/mol. The van der Waals surface area contributed by atoms with Gasteiger partial charge < -0.3 is 21.4 Å². The SMILES string of the molecule is C[C@H]([NH3+])C(=O)O.O.O=[N+]([O-])c1cc([N+](=O)[O-])c([O-])c([N+](=O)[O-])c1. The highest BCUT2D eigenvalue weighted by Gasteiger charge is 2.24. The molecular formula is C9H12N4O10. The van der Waals surface area contributed by atoms with Gasteiger partial charge in [-0.1, -0.05) is 0 Å². The Hall–Kier alpha value is -3.39.